The summed E-state index contributed by atoms with van der Waals surface area (Å²) in [6, 6.07) is 1.11. The molecular weight excluding hydrogens is 240 g/mol. The lowest BCUT2D eigenvalue weighted by Crippen LogP contribution is -2.49. The molecule has 1 aromatic heterocycles. The minimum absolute atomic E-state index is 0.224. The quantitative estimate of drug-likeness (QED) is 0.875. The van der Waals surface area contributed by atoms with Gasteiger partial charge in [-0.25, -0.2) is 0 Å². The molecule has 0 spiro atoms. The summed E-state index contributed by atoms with van der Waals surface area (Å²) in [7, 11) is 3.99. The van der Waals surface area contributed by atoms with Gasteiger partial charge in [-0.3, -0.25) is 9.58 Å². The lowest BCUT2D eigenvalue weighted by atomic mass is 9.98. The number of hydrogen-bond donors (Lipinski definition) is 1. The lowest BCUT2D eigenvalue weighted by Gasteiger charge is -2.41. The molecule has 5 nitrogen and oxygen atoms in total. The Bertz CT molecular complexity index is 439. The van der Waals surface area contributed by atoms with Crippen LogP contribution in [0.2, 0.25) is 0 Å². The molecule has 0 aromatic carbocycles. The second kappa shape index (κ2) is 5.23. The molecule has 3 rings (SSSR count). The third kappa shape index (κ3) is 2.55. The van der Waals surface area contributed by atoms with Gasteiger partial charge in [0.25, 0.3) is 0 Å². The molecule has 5 heteroatoms. The first-order valence-electron chi connectivity index (χ1n) is 7.23. The first-order valence-corrected chi connectivity index (χ1v) is 7.23. The first-order chi connectivity index (χ1) is 9.20. The Hall–Kier alpha value is -0.910. The van der Waals surface area contributed by atoms with Crippen LogP contribution in [0, 0.1) is 6.92 Å². The van der Waals surface area contributed by atoms with Crippen LogP contribution in [0.15, 0.2) is 6.20 Å². The highest BCUT2D eigenvalue weighted by atomic mass is 16.5. The molecule has 1 aliphatic heterocycles. The molecule has 1 N–H and O–H groups in total. The maximum atomic E-state index is 6.02. The van der Waals surface area contributed by atoms with Crippen molar-refractivity contribution in [1.82, 2.24) is 20.0 Å². The first kappa shape index (κ1) is 13.1. The third-order valence-corrected chi connectivity index (χ3v) is 4.18. The van der Waals surface area contributed by atoms with E-state index >= 15 is 0 Å². The van der Waals surface area contributed by atoms with Gasteiger partial charge in [-0.2, -0.15) is 5.10 Å². The Morgan fingerprint density at radius 1 is 1.47 bits per heavy atom. The summed E-state index contributed by atoms with van der Waals surface area (Å²) in [6.07, 6.45) is 5.05. The average Bonchev–Trinajstić information content (AvgIpc) is 3.16. The molecule has 1 saturated heterocycles. The molecule has 19 heavy (non-hydrogen) atoms. The van der Waals surface area contributed by atoms with Crippen LogP contribution >= 0.6 is 0 Å². The van der Waals surface area contributed by atoms with Crippen molar-refractivity contribution in [2.45, 2.75) is 38.0 Å². The molecule has 0 amide bonds. The number of aryl methyl sites for hydroxylation is 2. The van der Waals surface area contributed by atoms with E-state index in [-0.39, 0.29) is 6.10 Å². The fraction of sp³-hybridized carbons (Fsp3) is 0.786. The van der Waals surface area contributed by atoms with Gasteiger partial charge in [-0.05, 0) is 26.8 Å². The van der Waals surface area contributed by atoms with E-state index < -0.39 is 0 Å². The summed E-state index contributed by atoms with van der Waals surface area (Å²) in [6.45, 7) is 4.89. The normalized spacial score (nSPS) is 28.8. The second-order valence-corrected chi connectivity index (χ2v) is 5.72. The number of nitrogens with one attached hydrogen (secondary N) is 1. The number of likely N-dealkylation sites (N-methyl/N-ethyl adjacent to an activating group) is 1. The van der Waals surface area contributed by atoms with Gasteiger partial charge in [-0.1, -0.05) is 0 Å². The molecule has 2 atom stereocenters. The van der Waals surface area contributed by atoms with Crippen molar-refractivity contribution in [2.24, 2.45) is 7.05 Å². The highest BCUT2D eigenvalue weighted by Gasteiger charge is 2.42. The van der Waals surface area contributed by atoms with Gasteiger partial charge in [0.05, 0.1) is 24.4 Å². The van der Waals surface area contributed by atoms with E-state index in [1.165, 1.54) is 18.4 Å². The van der Waals surface area contributed by atoms with Crippen LogP contribution in [0.25, 0.3) is 0 Å². The standard InChI is InChI=1S/C14H24N4O/c1-10-12(9-17(3)16-10)14-13(8-15-2)19-7-6-18(14)11-4-5-11/h9,11,13-15H,4-8H2,1-3H3. The molecule has 2 fully saturated rings. The van der Waals surface area contributed by atoms with Crippen LogP contribution in [-0.4, -0.2) is 53.6 Å². The van der Waals surface area contributed by atoms with E-state index in [9.17, 15) is 0 Å². The van der Waals surface area contributed by atoms with Crippen LogP contribution in [-0.2, 0) is 11.8 Å². The Morgan fingerprint density at radius 2 is 2.26 bits per heavy atom. The highest BCUT2D eigenvalue weighted by molar-refractivity contribution is 5.23. The maximum absolute atomic E-state index is 6.02. The monoisotopic (exact) mass is 264 g/mol. The molecule has 1 saturated carbocycles. The highest BCUT2D eigenvalue weighted by Crippen LogP contribution is 2.39. The number of hydrogen-bond acceptors (Lipinski definition) is 4. The van der Waals surface area contributed by atoms with Crippen LogP contribution < -0.4 is 5.32 Å². The fourth-order valence-corrected chi connectivity index (χ4v) is 3.23. The van der Waals surface area contributed by atoms with Crippen molar-refractivity contribution in [3.05, 3.63) is 17.5 Å². The van der Waals surface area contributed by atoms with Crippen LogP contribution in [0.4, 0.5) is 0 Å². The molecule has 106 valence electrons. The van der Waals surface area contributed by atoms with Gasteiger partial charge in [0.15, 0.2) is 0 Å². The largest absolute Gasteiger partial charge is 0.374 e. The minimum atomic E-state index is 0.224. The van der Waals surface area contributed by atoms with Gasteiger partial charge < -0.3 is 10.1 Å². The zero-order valence-corrected chi connectivity index (χ0v) is 12.1. The van der Waals surface area contributed by atoms with E-state index in [2.05, 4.69) is 28.4 Å². The van der Waals surface area contributed by atoms with Gasteiger partial charge in [0.1, 0.15) is 0 Å². The third-order valence-electron chi connectivity index (χ3n) is 4.18. The molecular formula is C14H24N4O. The van der Waals surface area contributed by atoms with E-state index in [1.54, 1.807) is 0 Å². The van der Waals surface area contributed by atoms with E-state index in [0.29, 0.717) is 6.04 Å². The number of nitrogens with zero attached hydrogens (tertiary/aromatic N) is 3. The molecule has 0 radical (unpaired) electrons. The zero-order chi connectivity index (χ0) is 13.4. The molecule has 0 bridgehead atoms. The summed E-state index contributed by atoms with van der Waals surface area (Å²) in [4.78, 5) is 2.63. The average molecular weight is 264 g/mol. The van der Waals surface area contributed by atoms with Crippen LogP contribution in [0.3, 0.4) is 0 Å². The summed E-state index contributed by atoms with van der Waals surface area (Å²) in [5, 5.41) is 7.77. The van der Waals surface area contributed by atoms with Crippen molar-refractivity contribution < 1.29 is 4.74 Å². The van der Waals surface area contributed by atoms with E-state index in [4.69, 9.17) is 4.74 Å². The van der Waals surface area contributed by atoms with E-state index in [1.807, 2.05) is 18.8 Å². The van der Waals surface area contributed by atoms with Crippen molar-refractivity contribution in [1.29, 1.82) is 0 Å². The number of morpholine rings is 1. The SMILES string of the molecule is CNCC1OCCN(C2CC2)C1c1cn(C)nc1C. The minimum Gasteiger partial charge on any atom is -0.374 e. The smallest absolute Gasteiger partial charge is 0.0897 e. The Labute approximate surface area is 114 Å². The lowest BCUT2D eigenvalue weighted by molar-refractivity contribution is -0.0742. The maximum Gasteiger partial charge on any atom is 0.0897 e. The van der Waals surface area contributed by atoms with Crippen molar-refractivity contribution >= 4 is 0 Å². The van der Waals surface area contributed by atoms with Gasteiger partial charge in [-0.15, -0.1) is 0 Å². The Kier molecular flexibility index (Phi) is 3.60. The van der Waals surface area contributed by atoms with Crippen molar-refractivity contribution in [2.75, 3.05) is 26.7 Å². The summed E-state index contributed by atoms with van der Waals surface area (Å²) < 4.78 is 7.93. The molecule has 2 unspecified atom stereocenters. The van der Waals surface area contributed by atoms with E-state index in [0.717, 1.165) is 31.4 Å². The molecule has 2 aliphatic rings. The zero-order valence-electron chi connectivity index (χ0n) is 12.1. The Morgan fingerprint density at radius 3 is 2.84 bits per heavy atom. The molecule has 1 aromatic rings. The van der Waals surface area contributed by atoms with Crippen LogP contribution in [0.1, 0.15) is 30.1 Å². The topological polar surface area (TPSA) is 42.3 Å². The number of ether oxygens (including phenoxy) is 1. The van der Waals surface area contributed by atoms with Crippen molar-refractivity contribution in [3.8, 4) is 0 Å². The Balaban J connectivity index is 1.91. The second-order valence-electron chi connectivity index (χ2n) is 5.72. The summed E-state index contributed by atoms with van der Waals surface area (Å²) in [5.74, 6) is 0. The van der Waals surface area contributed by atoms with Gasteiger partial charge in [0.2, 0.25) is 0 Å². The summed E-state index contributed by atoms with van der Waals surface area (Å²) in [5.41, 5.74) is 2.46. The van der Waals surface area contributed by atoms with Gasteiger partial charge in [0, 0.05) is 37.9 Å². The van der Waals surface area contributed by atoms with Crippen LogP contribution in [0.5, 0.6) is 0 Å². The number of aromatic nitrogens is 2. The van der Waals surface area contributed by atoms with Gasteiger partial charge >= 0.3 is 0 Å². The molecule has 1 aliphatic carbocycles. The summed E-state index contributed by atoms with van der Waals surface area (Å²) >= 11 is 0. The fourth-order valence-electron chi connectivity index (χ4n) is 3.23. The number of rotatable bonds is 4. The predicted molar refractivity (Wildman–Crippen MR) is 74.1 cm³/mol. The van der Waals surface area contributed by atoms with Crippen molar-refractivity contribution in [3.63, 3.8) is 0 Å². The molecule has 2 heterocycles. The predicted octanol–water partition coefficient (Wildman–Crippen LogP) is 0.852.